The zero-order valence-electron chi connectivity index (χ0n) is 13.1. The van der Waals surface area contributed by atoms with Crippen LogP contribution in [0.1, 0.15) is 48.5 Å². The molecular formula is C15H26N2O2. The Hall–Kier alpha value is -1.06. The number of hydrogen-bond acceptors (Lipinski definition) is 2. The maximum absolute atomic E-state index is 12.6. The summed E-state index contributed by atoms with van der Waals surface area (Å²) >= 11 is 0. The van der Waals surface area contributed by atoms with Gasteiger partial charge in [-0.05, 0) is 23.7 Å². The van der Waals surface area contributed by atoms with Crippen LogP contribution in [0, 0.1) is 16.7 Å². The number of nitrogens with zero attached hydrogens (tertiary/aromatic N) is 1. The topological polar surface area (TPSA) is 49.4 Å². The summed E-state index contributed by atoms with van der Waals surface area (Å²) in [5.41, 5.74) is 0.125. The second kappa shape index (κ2) is 3.97. The van der Waals surface area contributed by atoms with Crippen molar-refractivity contribution < 1.29 is 9.59 Å². The van der Waals surface area contributed by atoms with Gasteiger partial charge in [-0.25, -0.2) is 0 Å². The van der Waals surface area contributed by atoms with Crippen molar-refractivity contribution in [2.45, 2.75) is 66.6 Å². The minimum atomic E-state index is -0.408. The number of hydrogen-bond donors (Lipinski definition) is 1. The van der Waals surface area contributed by atoms with Gasteiger partial charge in [0.15, 0.2) is 0 Å². The van der Waals surface area contributed by atoms with E-state index in [1.807, 2.05) is 18.7 Å². The van der Waals surface area contributed by atoms with Gasteiger partial charge in [-0.3, -0.25) is 9.59 Å². The molecule has 1 aliphatic carbocycles. The average molecular weight is 266 g/mol. The lowest BCUT2D eigenvalue weighted by atomic mass is 9.96. The van der Waals surface area contributed by atoms with Crippen molar-refractivity contribution in [2.24, 2.45) is 16.7 Å². The van der Waals surface area contributed by atoms with E-state index >= 15 is 0 Å². The van der Waals surface area contributed by atoms with Crippen molar-refractivity contribution in [3.63, 3.8) is 0 Å². The summed E-state index contributed by atoms with van der Waals surface area (Å²) in [5, 5.41) is 2.80. The molecule has 2 rings (SSSR count). The van der Waals surface area contributed by atoms with Crippen LogP contribution in [0.15, 0.2) is 0 Å². The molecule has 19 heavy (non-hydrogen) atoms. The highest BCUT2D eigenvalue weighted by Crippen LogP contribution is 2.66. The van der Waals surface area contributed by atoms with E-state index in [-0.39, 0.29) is 40.6 Å². The SMILES string of the molecule is CC1NC(=O)C(C(C)C)N(C2C(C)(C)C2(C)C)C1=O. The standard InChI is InChI=1S/C15H26N2O2/c1-8(2)10-11(18)16-9(3)12(19)17(10)13-14(4,5)15(13,6)7/h8-10,13H,1-7H3,(H,16,18). The Bertz CT molecular complexity index is 412. The highest BCUT2D eigenvalue weighted by Gasteiger charge is 2.70. The van der Waals surface area contributed by atoms with Crippen LogP contribution in [-0.2, 0) is 9.59 Å². The van der Waals surface area contributed by atoms with Crippen molar-refractivity contribution in [1.82, 2.24) is 10.2 Å². The van der Waals surface area contributed by atoms with Gasteiger partial charge in [-0.15, -0.1) is 0 Å². The summed E-state index contributed by atoms with van der Waals surface area (Å²) in [6.07, 6.45) is 0. The second-order valence-electron chi connectivity index (χ2n) is 7.51. The molecule has 4 heteroatoms. The minimum Gasteiger partial charge on any atom is -0.343 e. The van der Waals surface area contributed by atoms with Gasteiger partial charge >= 0.3 is 0 Å². The number of amides is 2. The maximum Gasteiger partial charge on any atom is 0.245 e. The molecule has 1 saturated carbocycles. The fraction of sp³-hybridized carbons (Fsp3) is 0.867. The van der Waals surface area contributed by atoms with Gasteiger partial charge in [0.25, 0.3) is 0 Å². The molecule has 0 aromatic rings. The first-order chi connectivity index (χ1) is 8.53. The summed E-state index contributed by atoms with van der Waals surface area (Å²) in [6, 6.07) is -0.599. The Balaban J connectivity index is 2.39. The Morgan fingerprint density at radius 2 is 1.58 bits per heavy atom. The van der Waals surface area contributed by atoms with Crippen LogP contribution in [0.2, 0.25) is 0 Å². The lowest BCUT2D eigenvalue weighted by Crippen LogP contribution is -2.65. The number of nitrogens with one attached hydrogen (secondary N) is 1. The molecule has 108 valence electrons. The molecule has 1 saturated heterocycles. The second-order valence-corrected chi connectivity index (χ2v) is 7.51. The minimum absolute atomic E-state index is 0.0133. The lowest BCUT2D eigenvalue weighted by Gasteiger charge is -2.41. The molecule has 2 amide bonds. The van der Waals surface area contributed by atoms with Crippen molar-refractivity contribution in [2.75, 3.05) is 0 Å². The van der Waals surface area contributed by atoms with Crippen LogP contribution in [0.3, 0.4) is 0 Å². The molecular weight excluding hydrogens is 240 g/mol. The van der Waals surface area contributed by atoms with Gasteiger partial charge in [-0.2, -0.15) is 0 Å². The first-order valence-electron chi connectivity index (χ1n) is 7.16. The number of carbonyl (C=O) groups excluding carboxylic acids is 2. The van der Waals surface area contributed by atoms with E-state index in [9.17, 15) is 9.59 Å². The quantitative estimate of drug-likeness (QED) is 0.828. The van der Waals surface area contributed by atoms with Gasteiger partial charge in [0.2, 0.25) is 11.8 Å². The van der Waals surface area contributed by atoms with Crippen LogP contribution in [0.4, 0.5) is 0 Å². The molecule has 1 N–H and O–H groups in total. The maximum atomic E-state index is 12.6. The third-order valence-electron chi connectivity index (χ3n) is 5.41. The molecule has 0 spiro atoms. The molecule has 1 aliphatic heterocycles. The van der Waals surface area contributed by atoms with Gasteiger partial charge < -0.3 is 10.2 Å². The highest BCUT2D eigenvalue weighted by molar-refractivity contribution is 5.97. The zero-order chi connectivity index (χ0) is 14.7. The van der Waals surface area contributed by atoms with Crippen LogP contribution in [-0.4, -0.2) is 34.8 Å². The molecule has 0 aromatic carbocycles. The van der Waals surface area contributed by atoms with Crippen molar-refractivity contribution in [3.8, 4) is 0 Å². The summed E-state index contributed by atoms with van der Waals surface area (Å²) in [7, 11) is 0. The van der Waals surface area contributed by atoms with Gasteiger partial charge in [-0.1, -0.05) is 41.5 Å². The fourth-order valence-corrected chi connectivity index (χ4v) is 3.62. The average Bonchev–Trinajstić information content (AvgIpc) is 2.63. The monoisotopic (exact) mass is 266 g/mol. The first-order valence-corrected chi connectivity index (χ1v) is 7.16. The van der Waals surface area contributed by atoms with E-state index in [1.54, 1.807) is 6.92 Å². The summed E-state index contributed by atoms with van der Waals surface area (Å²) in [4.78, 5) is 26.7. The zero-order valence-corrected chi connectivity index (χ0v) is 13.1. The molecule has 2 aliphatic rings. The van der Waals surface area contributed by atoms with Crippen LogP contribution in [0.25, 0.3) is 0 Å². The van der Waals surface area contributed by atoms with Crippen LogP contribution in [0.5, 0.6) is 0 Å². The molecule has 4 nitrogen and oxygen atoms in total. The molecule has 0 radical (unpaired) electrons. The third-order valence-corrected chi connectivity index (χ3v) is 5.41. The Labute approximate surface area is 115 Å². The van der Waals surface area contributed by atoms with Gasteiger partial charge in [0.05, 0.1) is 0 Å². The molecule has 1 heterocycles. The summed E-state index contributed by atoms with van der Waals surface area (Å²) < 4.78 is 0. The third kappa shape index (κ3) is 1.79. The predicted octanol–water partition coefficient (Wildman–Crippen LogP) is 1.79. The van der Waals surface area contributed by atoms with Gasteiger partial charge in [0, 0.05) is 6.04 Å². The first kappa shape index (κ1) is 14.4. The normalized spacial score (nSPS) is 33.6. The van der Waals surface area contributed by atoms with E-state index in [0.29, 0.717) is 0 Å². The van der Waals surface area contributed by atoms with Crippen molar-refractivity contribution >= 4 is 11.8 Å². The van der Waals surface area contributed by atoms with E-state index in [0.717, 1.165) is 0 Å². The predicted molar refractivity (Wildman–Crippen MR) is 74.4 cm³/mol. The van der Waals surface area contributed by atoms with E-state index in [2.05, 4.69) is 33.0 Å². The highest BCUT2D eigenvalue weighted by atomic mass is 16.2. The van der Waals surface area contributed by atoms with Crippen LogP contribution >= 0.6 is 0 Å². The largest absolute Gasteiger partial charge is 0.343 e. The summed E-state index contributed by atoms with van der Waals surface area (Å²) in [6.45, 7) is 14.5. The van der Waals surface area contributed by atoms with E-state index in [1.165, 1.54) is 0 Å². The summed E-state index contributed by atoms with van der Waals surface area (Å²) in [5.74, 6) is 0.172. The van der Waals surface area contributed by atoms with Crippen molar-refractivity contribution in [1.29, 1.82) is 0 Å². The fourth-order valence-electron chi connectivity index (χ4n) is 3.62. The van der Waals surface area contributed by atoms with Crippen molar-refractivity contribution in [3.05, 3.63) is 0 Å². The molecule has 0 aromatic heterocycles. The molecule has 2 atom stereocenters. The molecule has 2 fully saturated rings. The number of carbonyl (C=O) groups is 2. The lowest BCUT2D eigenvalue weighted by molar-refractivity contribution is -0.152. The van der Waals surface area contributed by atoms with Gasteiger partial charge in [0.1, 0.15) is 12.1 Å². The Kier molecular flexibility index (Phi) is 3.00. The molecule has 0 bridgehead atoms. The number of piperazine rings is 1. The Morgan fingerprint density at radius 1 is 1.11 bits per heavy atom. The number of rotatable bonds is 2. The van der Waals surface area contributed by atoms with E-state index < -0.39 is 6.04 Å². The Morgan fingerprint density at radius 3 is 1.95 bits per heavy atom. The van der Waals surface area contributed by atoms with E-state index in [4.69, 9.17) is 0 Å². The van der Waals surface area contributed by atoms with Crippen LogP contribution < -0.4 is 5.32 Å². The molecule has 2 unspecified atom stereocenters. The smallest absolute Gasteiger partial charge is 0.245 e.